The monoisotopic (exact) mass is 245 g/mol. The summed E-state index contributed by atoms with van der Waals surface area (Å²) in [5.74, 6) is 0.680. The summed E-state index contributed by atoms with van der Waals surface area (Å²) in [6, 6.07) is 0.813. The highest BCUT2D eigenvalue weighted by molar-refractivity contribution is 7.80. The van der Waals surface area contributed by atoms with Gasteiger partial charge < -0.3 is 15.5 Å². The van der Waals surface area contributed by atoms with Crippen LogP contribution in [0.1, 0.15) is 34.1 Å². The molecule has 1 atom stereocenters. The lowest BCUT2D eigenvalue weighted by Crippen LogP contribution is -2.48. The highest BCUT2D eigenvalue weighted by Crippen LogP contribution is 2.05. The van der Waals surface area contributed by atoms with E-state index in [9.17, 15) is 0 Å². The zero-order chi connectivity index (χ0) is 12.7. The first-order valence-electron chi connectivity index (χ1n) is 6.03. The number of thiocarbonyl (C=S) groups is 1. The Bertz CT molecular complexity index is 192. The first-order valence-corrected chi connectivity index (χ1v) is 6.43. The predicted molar refractivity (Wildman–Crippen MR) is 75.8 cm³/mol. The van der Waals surface area contributed by atoms with Gasteiger partial charge in [-0.15, -0.1) is 0 Å². The van der Waals surface area contributed by atoms with Gasteiger partial charge in [0.1, 0.15) is 0 Å². The van der Waals surface area contributed by atoms with Crippen LogP contribution >= 0.6 is 12.2 Å². The third-order valence-electron chi connectivity index (χ3n) is 2.10. The van der Waals surface area contributed by atoms with E-state index in [0.717, 1.165) is 18.1 Å². The molecule has 4 heteroatoms. The van der Waals surface area contributed by atoms with Gasteiger partial charge in [0, 0.05) is 18.6 Å². The Balaban J connectivity index is 4.13. The molecule has 0 aromatic carbocycles. The fourth-order valence-electron chi connectivity index (χ4n) is 1.68. The number of rotatable bonds is 6. The lowest BCUT2D eigenvalue weighted by molar-refractivity contribution is 0.327. The van der Waals surface area contributed by atoms with Crippen molar-refractivity contribution in [3.8, 4) is 0 Å². The third kappa shape index (κ3) is 8.92. The lowest BCUT2D eigenvalue weighted by atomic mass is 10.0. The summed E-state index contributed by atoms with van der Waals surface area (Å²) in [7, 11) is 4.18. The minimum atomic E-state index is 0.388. The predicted octanol–water partition coefficient (Wildman–Crippen LogP) is 1.84. The molecule has 0 saturated carbocycles. The summed E-state index contributed by atoms with van der Waals surface area (Å²) in [6.45, 7) is 9.68. The van der Waals surface area contributed by atoms with E-state index in [1.54, 1.807) is 0 Å². The second kappa shape index (κ2) is 7.85. The maximum Gasteiger partial charge on any atom is 0.166 e. The van der Waals surface area contributed by atoms with Crippen molar-refractivity contribution >= 4 is 17.3 Å². The topological polar surface area (TPSA) is 27.3 Å². The van der Waals surface area contributed by atoms with Gasteiger partial charge >= 0.3 is 0 Å². The largest absolute Gasteiger partial charge is 0.361 e. The molecule has 96 valence electrons. The molecule has 0 aliphatic heterocycles. The number of nitrogens with zero attached hydrogens (tertiary/aromatic N) is 1. The molecule has 0 bridgehead atoms. The molecule has 0 fully saturated rings. The van der Waals surface area contributed by atoms with Crippen molar-refractivity contribution < 1.29 is 0 Å². The Hall–Kier alpha value is -0.350. The molecule has 0 spiro atoms. The Labute approximate surface area is 106 Å². The van der Waals surface area contributed by atoms with Crippen LogP contribution < -0.4 is 10.6 Å². The molecule has 3 nitrogen and oxygen atoms in total. The minimum absolute atomic E-state index is 0.388. The van der Waals surface area contributed by atoms with Gasteiger partial charge in [-0.05, 0) is 52.5 Å². The van der Waals surface area contributed by atoms with Crippen molar-refractivity contribution in [1.82, 2.24) is 15.5 Å². The number of hydrogen-bond acceptors (Lipinski definition) is 2. The van der Waals surface area contributed by atoms with Crippen LogP contribution in [0.25, 0.3) is 0 Å². The smallest absolute Gasteiger partial charge is 0.166 e. The highest BCUT2D eigenvalue weighted by atomic mass is 32.1. The fourth-order valence-corrected chi connectivity index (χ4v) is 2.08. The summed E-state index contributed by atoms with van der Waals surface area (Å²) in [6.07, 6.45) is 1.14. The lowest BCUT2D eigenvalue weighted by Gasteiger charge is -2.26. The molecule has 0 aliphatic carbocycles. The van der Waals surface area contributed by atoms with Crippen molar-refractivity contribution in [2.75, 3.05) is 20.6 Å². The summed E-state index contributed by atoms with van der Waals surface area (Å²) < 4.78 is 0. The number of hydrogen-bond donors (Lipinski definition) is 2. The van der Waals surface area contributed by atoms with E-state index < -0.39 is 0 Å². The molecule has 16 heavy (non-hydrogen) atoms. The molecule has 0 heterocycles. The van der Waals surface area contributed by atoms with Crippen LogP contribution in [0.5, 0.6) is 0 Å². The Morgan fingerprint density at radius 1 is 1.12 bits per heavy atom. The number of likely N-dealkylation sites (N-methyl/N-ethyl adjacent to an activating group) is 1. The van der Waals surface area contributed by atoms with E-state index in [4.69, 9.17) is 12.2 Å². The van der Waals surface area contributed by atoms with Gasteiger partial charge in [0.15, 0.2) is 5.11 Å². The normalized spacial score (nSPS) is 13.3. The van der Waals surface area contributed by atoms with Gasteiger partial charge in [0.05, 0.1) is 0 Å². The maximum atomic E-state index is 5.27. The first kappa shape index (κ1) is 15.7. The van der Waals surface area contributed by atoms with Crippen molar-refractivity contribution in [1.29, 1.82) is 0 Å². The SMILES string of the molecule is CC(C)CC(CN(C)C)NC(=S)NC(C)C. The van der Waals surface area contributed by atoms with E-state index in [2.05, 4.69) is 57.3 Å². The molecule has 0 aromatic heterocycles. The van der Waals surface area contributed by atoms with Gasteiger partial charge in [-0.3, -0.25) is 0 Å². The second-order valence-electron chi connectivity index (χ2n) is 5.36. The van der Waals surface area contributed by atoms with Crippen molar-refractivity contribution in [2.45, 2.75) is 46.2 Å². The van der Waals surface area contributed by atoms with Crippen LogP contribution in [0.15, 0.2) is 0 Å². The first-order chi connectivity index (χ1) is 7.31. The van der Waals surface area contributed by atoms with Crippen molar-refractivity contribution in [2.24, 2.45) is 5.92 Å². The van der Waals surface area contributed by atoms with Crippen LogP contribution in [-0.2, 0) is 0 Å². The van der Waals surface area contributed by atoms with E-state index >= 15 is 0 Å². The maximum absolute atomic E-state index is 5.27. The van der Waals surface area contributed by atoms with E-state index in [1.807, 2.05) is 0 Å². The third-order valence-corrected chi connectivity index (χ3v) is 2.33. The van der Waals surface area contributed by atoms with Gasteiger partial charge in [0.2, 0.25) is 0 Å². The minimum Gasteiger partial charge on any atom is -0.361 e. The van der Waals surface area contributed by atoms with Gasteiger partial charge in [-0.1, -0.05) is 13.8 Å². The van der Waals surface area contributed by atoms with Gasteiger partial charge in [-0.25, -0.2) is 0 Å². The standard InChI is InChI=1S/C12H27N3S/c1-9(2)7-11(8-15(5)6)14-12(16)13-10(3)4/h9-11H,7-8H2,1-6H3,(H2,13,14,16). The highest BCUT2D eigenvalue weighted by Gasteiger charge is 2.13. The van der Waals surface area contributed by atoms with Gasteiger partial charge in [-0.2, -0.15) is 0 Å². The molecule has 0 radical (unpaired) electrons. The molecule has 0 amide bonds. The fraction of sp³-hybridized carbons (Fsp3) is 0.917. The summed E-state index contributed by atoms with van der Waals surface area (Å²) >= 11 is 5.27. The summed E-state index contributed by atoms with van der Waals surface area (Å²) in [5.41, 5.74) is 0. The molecule has 2 N–H and O–H groups in total. The number of nitrogens with one attached hydrogen (secondary N) is 2. The van der Waals surface area contributed by atoms with Crippen LogP contribution in [0.2, 0.25) is 0 Å². The van der Waals surface area contributed by atoms with Crippen molar-refractivity contribution in [3.05, 3.63) is 0 Å². The second-order valence-corrected chi connectivity index (χ2v) is 5.77. The molecular formula is C12H27N3S. The molecule has 0 aliphatic rings. The molecule has 0 saturated heterocycles. The summed E-state index contributed by atoms with van der Waals surface area (Å²) in [4.78, 5) is 2.19. The molecule has 1 unspecified atom stereocenters. The quantitative estimate of drug-likeness (QED) is 0.698. The molecular weight excluding hydrogens is 218 g/mol. The Kier molecular flexibility index (Phi) is 7.68. The molecule has 0 rings (SSSR count). The average molecular weight is 245 g/mol. The average Bonchev–Trinajstić information content (AvgIpc) is 1.97. The van der Waals surface area contributed by atoms with Crippen LogP contribution in [-0.4, -0.2) is 42.7 Å². The zero-order valence-corrected chi connectivity index (χ0v) is 12.3. The van der Waals surface area contributed by atoms with E-state index in [-0.39, 0.29) is 0 Å². The van der Waals surface area contributed by atoms with E-state index in [1.165, 1.54) is 0 Å². The Morgan fingerprint density at radius 2 is 1.69 bits per heavy atom. The van der Waals surface area contributed by atoms with Gasteiger partial charge in [0.25, 0.3) is 0 Å². The molecule has 0 aromatic rings. The van der Waals surface area contributed by atoms with E-state index in [0.29, 0.717) is 18.0 Å². The Morgan fingerprint density at radius 3 is 2.06 bits per heavy atom. The van der Waals surface area contributed by atoms with Crippen LogP contribution in [0, 0.1) is 5.92 Å². The zero-order valence-electron chi connectivity index (χ0n) is 11.5. The van der Waals surface area contributed by atoms with Crippen molar-refractivity contribution in [3.63, 3.8) is 0 Å². The van der Waals surface area contributed by atoms with Crippen LogP contribution in [0.3, 0.4) is 0 Å². The summed E-state index contributed by atoms with van der Waals surface area (Å²) in [5, 5.41) is 7.38. The van der Waals surface area contributed by atoms with Crippen LogP contribution in [0.4, 0.5) is 0 Å².